The van der Waals surface area contributed by atoms with Gasteiger partial charge in [-0.2, -0.15) is 0 Å². The van der Waals surface area contributed by atoms with Crippen molar-refractivity contribution in [2.24, 2.45) is 0 Å². The number of aromatic amines is 1. The van der Waals surface area contributed by atoms with Gasteiger partial charge in [0.1, 0.15) is 0 Å². The number of aromatic nitrogens is 8. The minimum absolute atomic E-state index is 0.701. The maximum atomic E-state index is 5.07. The van der Waals surface area contributed by atoms with Gasteiger partial charge < -0.3 is 18.7 Å². The van der Waals surface area contributed by atoms with Gasteiger partial charge in [0.25, 0.3) is 0 Å². The molecule has 496 valence electrons. The molecule has 0 aliphatic carbocycles. The second kappa shape index (κ2) is 28.1. The molecule has 20 rings (SSSR count). The zero-order valence-corrected chi connectivity index (χ0v) is 58.5. The number of halogens is 1. The molecule has 0 aliphatic rings. The number of benzene rings is 14. The lowest BCUT2D eigenvalue weighted by Gasteiger charge is -2.12. The molecule has 14 aromatic carbocycles. The molecule has 6 heterocycles. The van der Waals surface area contributed by atoms with Gasteiger partial charge in [0.15, 0.2) is 11.6 Å². The molecule has 0 fully saturated rings. The molecule has 0 spiro atoms. The van der Waals surface area contributed by atoms with Crippen LogP contribution in [0.3, 0.4) is 0 Å². The number of nitrogens with zero attached hydrogens (tertiary/aromatic N) is 7. The second-order valence-corrected chi connectivity index (χ2v) is 26.9. The SMILES string of the molecule is Brc1ccc(-c2nc(-c3ccccc3)cc(-c3ccccc3)n2)cc1.c1ccc(-c2ccc(-n3ccc4c3ccc3c5ccccc5n(-c5ccc(-c6nc(-c7ccccc7)cc(-c7ccccc7)n6)cc5)c34)cc2)cc1.c1ccc(-c2ccc(-n3ccc4c5[nH]c6ccccc6c5ccc43)cc2)cc1. The number of para-hydroxylation sites is 2. The van der Waals surface area contributed by atoms with Gasteiger partial charge in [-0.25, -0.2) is 19.9 Å². The smallest absolute Gasteiger partial charge is 0.160 e. The highest BCUT2D eigenvalue weighted by Gasteiger charge is 2.20. The average molecular weight is 1410 g/mol. The summed E-state index contributed by atoms with van der Waals surface area (Å²) in [4.78, 5) is 23.3. The standard InChI is InChI=1S/C48H32N4.C26H18N2.C22H15BrN2/c1-4-12-33(13-5-1)34-20-24-38(25-21-34)51-31-30-42-45(51)29-28-41-40-18-10-11-19-46(40)52(47(41)42)39-26-22-37(23-27-39)48-49-43(35-14-6-2-7-15-35)32-44(50-48)36-16-8-3-9-17-36;1-2-6-18(7-3-1)19-10-12-20(13-11-19)28-17-16-23-25(28)15-14-22-21-8-4-5-9-24(21)27-26(22)23;23-19-13-11-18(12-14-19)22-24-20(16-7-3-1-4-8-16)15-21(25-22)17-9-5-2-6-10-17/h1-32H;1-17,27H;1-15H. The zero-order chi connectivity index (χ0) is 70.0. The average Bonchev–Trinajstić information content (AvgIpc) is 1.57. The fourth-order valence-electron chi connectivity index (χ4n) is 14.4. The summed E-state index contributed by atoms with van der Waals surface area (Å²) in [6.45, 7) is 0. The van der Waals surface area contributed by atoms with E-state index in [-0.39, 0.29) is 0 Å². The molecule has 1 N–H and O–H groups in total. The lowest BCUT2D eigenvalue weighted by Crippen LogP contribution is -1.97. The van der Waals surface area contributed by atoms with Crippen molar-refractivity contribution in [2.75, 3.05) is 0 Å². The number of H-pyrrole nitrogens is 1. The van der Waals surface area contributed by atoms with Gasteiger partial charge in [0, 0.05) is 105 Å². The number of hydrogen-bond donors (Lipinski definition) is 1. The predicted octanol–water partition coefficient (Wildman–Crippen LogP) is 25.4. The molecule has 8 nitrogen and oxygen atoms in total. The van der Waals surface area contributed by atoms with Crippen LogP contribution in [0.1, 0.15) is 0 Å². The van der Waals surface area contributed by atoms with Crippen LogP contribution in [0.4, 0.5) is 0 Å². The Morgan fingerprint density at radius 3 is 1.06 bits per heavy atom. The van der Waals surface area contributed by atoms with Gasteiger partial charge in [-0.05, 0) is 131 Å². The Labute approximate surface area is 615 Å². The van der Waals surface area contributed by atoms with E-state index in [2.05, 4.69) is 320 Å². The third kappa shape index (κ3) is 12.6. The first-order valence-electron chi connectivity index (χ1n) is 35.2. The summed E-state index contributed by atoms with van der Waals surface area (Å²) in [6.07, 6.45) is 4.35. The fraction of sp³-hybridized carbons (Fsp3) is 0. The van der Waals surface area contributed by atoms with Crippen LogP contribution in [0.25, 0.3) is 173 Å². The highest BCUT2D eigenvalue weighted by Crippen LogP contribution is 2.40. The van der Waals surface area contributed by atoms with E-state index in [1.165, 1.54) is 93.4 Å². The van der Waals surface area contributed by atoms with E-state index in [4.69, 9.17) is 19.9 Å². The van der Waals surface area contributed by atoms with Crippen molar-refractivity contribution in [1.82, 2.24) is 38.6 Å². The molecule has 6 aromatic heterocycles. The van der Waals surface area contributed by atoms with Gasteiger partial charge in [-0.3, -0.25) is 0 Å². The molecule has 0 aliphatic heterocycles. The molecular weight excluding hydrogens is 1350 g/mol. The molecule has 0 saturated heterocycles. The Hall–Kier alpha value is -13.6. The summed E-state index contributed by atoms with van der Waals surface area (Å²) in [5, 5.41) is 7.47. The van der Waals surface area contributed by atoms with Crippen LogP contribution in [0, 0.1) is 0 Å². The Morgan fingerprint density at radius 2 is 0.590 bits per heavy atom. The number of hydrogen-bond acceptors (Lipinski definition) is 4. The molecule has 0 bridgehead atoms. The Kier molecular flexibility index (Phi) is 17.0. The highest BCUT2D eigenvalue weighted by atomic mass is 79.9. The maximum Gasteiger partial charge on any atom is 0.160 e. The first-order valence-corrected chi connectivity index (χ1v) is 36.0. The van der Waals surface area contributed by atoms with Crippen LogP contribution in [0.2, 0.25) is 0 Å². The lowest BCUT2D eigenvalue weighted by atomic mass is 10.1. The molecule has 0 unspecified atom stereocenters. The minimum atomic E-state index is 0.701. The van der Waals surface area contributed by atoms with Gasteiger partial charge >= 0.3 is 0 Å². The van der Waals surface area contributed by atoms with Gasteiger partial charge in [-0.1, -0.05) is 283 Å². The normalized spacial score (nSPS) is 11.3. The molecule has 0 atom stereocenters. The molecule has 0 saturated carbocycles. The molecule has 9 heteroatoms. The van der Waals surface area contributed by atoms with E-state index < -0.39 is 0 Å². The molecule has 20 aromatic rings. The largest absolute Gasteiger partial charge is 0.354 e. The van der Waals surface area contributed by atoms with Crippen molar-refractivity contribution in [3.63, 3.8) is 0 Å². The molecular formula is C96H65BrN8. The lowest BCUT2D eigenvalue weighted by molar-refractivity contribution is 1.13. The third-order valence-corrected chi connectivity index (χ3v) is 20.1. The van der Waals surface area contributed by atoms with Gasteiger partial charge in [-0.15, -0.1) is 0 Å². The zero-order valence-electron chi connectivity index (χ0n) is 57.0. The second-order valence-electron chi connectivity index (χ2n) is 26.0. The summed E-state index contributed by atoms with van der Waals surface area (Å²) < 4.78 is 7.99. The molecule has 0 radical (unpaired) electrons. The monoisotopic (exact) mass is 1410 g/mol. The van der Waals surface area contributed by atoms with Crippen molar-refractivity contribution >= 4 is 81.3 Å². The van der Waals surface area contributed by atoms with Crippen LogP contribution >= 0.6 is 15.9 Å². The van der Waals surface area contributed by atoms with E-state index in [0.717, 1.165) is 77.8 Å². The number of nitrogens with one attached hydrogen (secondary N) is 1. The first kappa shape index (κ1) is 63.6. The number of rotatable bonds is 11. The van der Waals surface area contributed by atoms with Crippen molar-refractivity contribution in [3.05, 3.63) is 393 Å². The fourth-order valence-corrected chi connectivity index (χ4v) is 14.6. The van der Waals surface area contributed by atoms with Crippen LogP contribution < -0.4 is 0 Å². The van der Waals surface area contributed by atoms with Crippen LogP contribution in [0.5, 0.6) is 0 Å². The van der Waals surface area contributed by atoms with Crippen molar-refractivity contribution in [3.8, 4) is 107 Å². The summed E-state index contributed by atoms with van der Waals surface area (Å²) in [5.41, 5.74) is 25.3. The van der Waals surface area contributed by atoms with E-state index in [1.807, 2.05) is 103 Å². The topological polar surface area (TPSA) is 82.1 Å². The predicted molar refractivity (Wildman–Crippen MR) is 439 cm³/mol. The highest BCUT2D eigenvalue weighted by molar-refractivity contribution is 9.10. The first-order chi connectivity index (χ1) is 52.0. The van der Waals surface area contributed by atoms with Crippen molar-refractivity contribution < 1.29 is 0 Å². The number of fused-ring (bicyclic) bond motifs is 10. The van der Waals surface area contributed by atoms with E-state index in [1.54, 1.807) is 0 Å². The van der Waals surface area contributed by atoms with Crippen LogP contribution in [-0.4, -0.2) is 38.6 Å². The summed E-state index contributed by atoms with van der Waals surface area (Å²) in [6, 6.07) is 131. The molecule has 105 heavy (non-hydrogen) atoms. The van der Waals surface area contributed by atoms with Crippen LogP contribution in [-0.2, 0) is 0 Å². The summed E-state index contributed by atoms with van der Waals surface area (Å²) in [5.74, 6) is 1.43. The quantitative estimate of drug-likeness (QED) is 0.140. The Balaban J connectivity index is 0.000000124. The van der Waals surface area contributed by atoms with Crippen molar-refractivity contribution in [1.29, 1.82) is 0 Å². The van der Waals surface area contributed by atoms with Crippen LogP contribution in [0.15, 0.2) is 393 Å². The van der Waals surface area contributed by atoms with E-state index >= 15 is 0 Å². The Bertz CT molecular complexity index is 6340. The molecule has 0 amide bonds. The van der Waals surface area contributed by atoms with Gasteiger partial charge in [0.05, 0.1) is 50.4 Å². The maximum absolute atomic E-state index is 5.07. The van der Waals surface area contributed by atoms with E-state index in [0.29, 0.717) is 5.82 Å². The Morgan fingerprint density at radius 1 is 0.238 bits per heavy atom. The van der Waals surface area contributed by atoms with E-state index in [9.17, 15) is 0 Å². The third-order valence-electron chi connectivity index (χ3n) is 19.6. The summed E-state index contributed by atoms with van der Waals surface area (Å²) >= 11 is 3.48. The summed E-state index contributed by atoms with van der Waals surface area (Å²) in [7, 11) is 0. The van der Waals surface area contributed by atoms with Crippen molar-refractivity contribution in [2.45, 2.75) is 0 Å². The van der Waals surface area contributed by atoms with Gasteiger partial charge in [0.2, 0.25) is 0 Å². The minimum Gasteiger partial charge on any atom is -0.354 e.